The van der Waals surface area contributed by atoms with Gasteiger partial charge in [-0.05, 0) is 61.0 Å². The molecular weight excluding hydrogens is 288 g/mol. The summed E-state index contributed by atoms with van der Waals surface area (Å²) in [4.78, 5) is 17.4. The number of fused-ring (bicyclic) bond motifs is 1. The van der Waals surface area contributed by atoms with Crippen molar-refractivity contribution >= 4 is 43.9 Å². The van der Waals surface area contributed by atoms with E-state index in [2.05, 4.69) is 36.3 Å². The summed E-state index contributed by atoms with van der Waals surface area (Å²) in [5.41, 5.74) is 4.40. The molecular formula is C15H14N2OS2. The lowest BCUT2D eigenvalue weighted by Gasteiger charge is -1.99. The van der Waals surface area contributed by atoms with Gasteiger partial charge in [-0.25, -0.2) is 4.98 Å². The number of nitrogens with one attached hydrogen (secondary N) is 1. The molecule has 0 spiro atoms. The van der Waals surface area contributed by atoms with Gasteiger partial charge in [0, 0.05) is 0 Å². The van der Waals surface area contributed by atoms with E-state index < -0.39 is 0 Å². The van der Waals surface area contributed by atoms with Crippen molar-refractivity contribution in [2.24, 2.45) is 0 Å². The van der Waals surface area contributed by atoms with Gasteiger partial charge >= 0.3 is 0 Å². The standard InChI is InChI=1S/C15H14N2OS2/c1-8-4-5-19-13(8)14(18)17-15-16-11-6-9(2)10(3)7-12(11)20-15/h4-7H,1-3H3,(H,16,17,18). The maximum absolute atomic E-state index is 12.2. The number of aryl methyl sites for hydroxylation is 3. The maximum Gasteiger partial charge on any atom is 0.267 e. The van der Waals surface area contributed by atoms with E-state index in [4.69, 9.17) is 0 Å². The number of carbonyl (C=O) groups excluding carboxylic acids is 1. The molecule has 1 aromatic carbocycles. The molecule has 3 nitrogen and oxygen atoms in total. The molecule has 20 heavy (non-hydrogen) atoms. The lowest BCUT2D eigenvalue weighted by molar-refractivity contribution is 0.103. The predicted molar refractivity (Wildman–Crippen MR) is 86.1 cm³/mol. The summed E-state index contributed by atoms with van der Waals surface area (Å²) in [5.74, 6) is -0.0787. The van der Waals surface area contributed by atoms with Crippen molar-refractivity contribution in [3.05, 3.63) is 45.1 Å². The van der Waals surface area contributed by atoms with Crippen LogP contribution >= 0.6 is 22.7 Å². The molecule has 3 aromatic rings. The number of anilines is 1. The number of aromatic nitrogens is 1. The fourth-order valence-electron chi connectivity index (χ4n) is 1.99. The largest absolute Gasteiger partial charge is 0.297 e. The minimum absolute atomic E-state index is 0.0787. The van der Waals surface area contributed by atoms with Gasteiger partial charge in [0.1, 0.15) is 0 Å². The van der Waals surface area contributed by atoms with E-state index in [1.165, 1.54) is 33.8 Å². The van der Waals surface area contributed by atoms with Crippen LogP contribution in [0.2, 0.25) is 0 Å². The monoisotopic (exact) mass is 302 g/mol. The molecule has 0 bridgehead atoms. The average Bonchev–Trinajstić information content (AvgIpc) is 2.96. The van der Waals surface area contributed by atoms with Crippen molar-refractivity contribution < 1.29 is 4.79 Å². The molecule has 0 aliphatic rings. The van der Waals surface area contributed by atoms with Gasteiger partial charge in [-0.15, -0.1) is 11.3 Å². The lowest BCUT2D eigenvalue weighted by Crippen LogP contribution is -2.10. The number of thiazole rings is 1. The highest BCUT2D eigenvalue weighted by Gasteiger charge is 2.13. The summed E-state index contributed by atoms with van der Waals surface area (Å²) in [5, 5.41) is 5.47. The van der Waals surface area contributed by atoms with Gasteiger partial charge in [-0.2, -0.15) is 0 Å². The van der Waals surface area contributed by atoms with E-state index in [0.717, 1.165) is 20.7 Å². The Bertz CT molecular complexity index is 762. The first-order valence-corrected chi connectivity index (χ1v) is 7.97. The van der Waals surface area contributed by atoms with Crippen LogP contribution in [0.1, 0.15) is 26.4 Å². The molecule has 2 aromatic heterocycles. The van der Waals surface area contributed by atoms with E-state index in [9.17, 15) is 4.79 Å². The second-order valence-electron chi connectivity index (χ2n) is 4.81. The summed E-state index contributed by atoms with van der Waals surface area (Å²) < 4.78 is 1.10. The summed E-state index contributed by atoms with van der Waals surface area (Å²) >= 11 is 2.97. The molecule has 5 heteroatoms. The number of nitrogens with zero attached hydrogens (tertiary/aromatic N) is 1. The van der Waals surface area contributed by atoms with Crippen LogP contribution in [-0.2, 0) is 0 Å². The molecule has 1 amide bonds. The van der Waals surface area contributed by atoms with Crippen LogP contribution in [0.4, 0.5) is 5.13 Å². The molecule has 0 atom stereocenters. The summed E-state index contributed by atoms with van der Waals surface area (Å²) in [6.45, 7) is 6.10. The first kappa shape index (κ1) is 13.3. The van der Waals surface area contributed by atoms with Crippen LogP contribution in [0.15, 0.2) is 23.6 Å². The average molecular weight is 302 g/mol. The molecule has 0 saturated carbocycles. The zero-order valence-corrected chi connectivity index (χ0v) is 13.1. The topological polar surface area (TPSA) is 42.0 Å². The highest BCUT2D eigenvalue weighted by Crippen LogP contribution is 2.29. The number of thiophene rings is 1. The number of hydrogen-bond donors (Lipinski definition) is 1. The highest BCUT2D eigenvalue weighted by atomic mass is 32.1. The van der Waals surface area contributed by atoms with Crippen molar-refractivity contribution in [3.8, 4) is 0 Å². The van der Waals surface area contributed by atoms with E-state index in [1.54, 1.807) is 0 Å². The fraction of sp³-hybridized carbons (Fsp3) is 0.200. The van der Waals surface area contributed by atoms with E-state index in [-0.39, 0.29) is 5.91 Å². The van der Waals surface area contributed by atoms with Gasteiger partial charge < -0.3 is 0 Å². The van der Waals surface area contributed by atoms with Gasteiger partial charge in [0.25, 0.3) is 5.91 Å². The van der Waals surface area contributed by atoms with Crippen molar-refractivity contribution in [2.75, 3.05) is 5.32 Å². The third-order valence-electron chi connectivity index (χ3n) is 3.29. The smallest absolute Gasteiger partial charge is 0.267 e. The third kappa shape index (κ3) is 2.34. The van der Waals surface area contributed by atoms with Gasteiger partial charge in [0.05, 0.1) is 15.1 Å². The van der Waals surface area contributed by atoms with Crippen molar-refractivity contribution in [1.82, 2.24) is 4.98 Å². The van der Waals surface area contributed by atoms with Crippen molar-refractivity contribution in [3.63, 3.8) is 0 Å². The van der Waals surface area contributed by atoms with Gasteiger partial charge in [0.15, 0.2) is 5.13 Å². The molecule has 0 aliphatic carbocycles. The first-order chi connectivity index (χ1) is 9.54. The van der Waals surface area contributed by atoms with Crippen LogP contribution in [-0.4, -0.2) is 10.9 Å². The molecule has 2 heterocycles. The van der Waals surface area contributed by atoms with E-state index in [1.807, 2.05) is 18.4 Å². The zero-order valence-electron chi connectivity index (χ0n) is 11.5. The summed E-state index contributed by atoms with van der Waals surface area (Å²) in [7, 11) is 0. The molecule has 0 saturated heterocycles. The Morgan fingerprint density at radius 2 is 1.90 bits per heavy atom. The van der Waals surface area contributed by atoms with Gasteiger partial charge in [-0.3, -0.25) is 10.1 Å². The second kappa shape index (κ2) is 5.00. The van der Waals surface area contributed by atoms with Crippen molar-refractivity contribution in [1.29, 1.82) is 0 Å². The van der Waals surface area contributed by atoms with Crippen LogP contribution in [0.5, 0.6) is 0 Å². The Labute approximate surface area is 125 Å². The van der Waals surface area contributed by atoms with Gasteiger partial charge in [0.2, 0.25) is 0 Å². The quantitative estimate of drug-likeness (QED) is 0.755. The minimum Gasteiger partial charge on any atom is -0.297 e. The number of benzene rings is 1. The fourth-order valence-corrected chi connectivity index (χ4v) is 3.75. The van der Waals surface area contributed by atoms with Crippen LogP contribution in [0.25, 0.3) is 10.2 Å². The van der Waals surface area contributed by atoms with Crippen LogP contribution in [0, 0.1) is 20.8 Å². The Morgan fingerprint density at radius 1 is 1.15 bits per heavy atom. The molecule has 3 rings (SSSR count). The molecule has 0 aliphatic heterocycles. The molecule has 102 valence electrons. The summed E-state index contributed by atoms with van der Waals surface area (Å²) in [6.07, 6.45) is 0. The zero-order chi connectivity index (χ0) is 14.3. The number of amides is 1. The first-order valence-electron chi connectivity index (χ1n) is 6.28. The Hall–Kier alpha value is -1.72. The predicted octanol–water partition coefficient (Wildman–Crippen LogP) is 4.54. The van der Waals surface area contributed by atoms with E-state index >= 15 is 0 Å². The minimum atomic E-state index is -0.0787. The lowest BCUT2D eigenvalue weighted by atomic mass is 10.1. The van der Waals surface area contributed by atoms with E-state index in [0.29, 0.717) is 5.13 Å². The Balaban J connectivity index is 1.92. The number of carbonyl (C=O) groups is 1. The normalized spacial score (nSPS) is 10.9. The Morgan fingerprint density at radius 3 is 2.60 bits per heavy atom. The van der Waals surface area contributed by atoms with Crippen molar-refractivity contribution in [2.45, 2.75) is 20.8 Å². The number of hydrogen-bond acceptors (Lipinski definition) is 4. The SMILES string of the molecule is Cc1cc2nc(NC(=O)c3sccc3C)sc2cc1C. The number of rotatable bonds is 2. The van der Waals surface area contributed by atoms with Crippen LogP contribution in [0.3, 0.4) is 0 Å². The van der Waals surface area contributed by atoms with Gasteiger partial charge in [-0.1, -0.05) is 11.3 Å². The maximum atomic E-state index is 12.2. The summed E-state index contributed by atoms with van der Waals surface area (Å²) in [6, 6.07) is 6.13. The molecule has 0 radical (unpaired) electrons. The molecule has 1 N–H and O–H groups in total. The van der Waals surface area contributed by atoms with Crippen LogP contribution < -0.4 is 5.32 Å². The molecule has 0 unspecified atom stereocenters. The highest BCUT2D eigenvalue weighted by molar-refractivity contribution is 7.22. The second-order valence-corrected chi connectivity index (χ2v) is 6.76. The Kier molecular flexibility index (Phi) is 3.31. The molecule has 0 fully saturated rings. The third-order valence-corrected chi connectivity index (χ3v) is 5.24.